The smallest absolute Gasteiger partial charge is 0.244 e. The lowest BCUT2D eigenvalue weighted by Gasteiger charge is -2.18. The molecule has 0 spiro atoms. The Morgan fingerprint density at radius 1 is 1.08 bits per heavy atom. The third-order valence-corrected chi connectivity index (χ3v) is 5.98. The van der Waals surface area contributed by atoms with Crippen molar-refractivity contribution in [2.45, 2.75) is 31.6 Å². The van der Waals surface area contributed by atoms with Crippen LogP contribution in [0.25, 0.3) is 6.08 Å². The zero-order valence-electron chi connectivity index (χ0n) is 14.4. The fourth-order valence-corrected chi connectivity index (χ4v) is 3.85. The van der Waals surface area contributed by atoms with Gasteiger partial charge in [0.05, 0.1) is 0 Å². The molecule has 1 aromatic heterocycles. The predicted molar refractivity (Wildman–Crippen MR) is 98.2 cm³/mol. The van der Waals surface area contributed by atoms with E-state index >= 15 is 0 Å². The Labute approximate surface area is 144 Å². The summed E-state index contributed by atoms with van der Waals surface area (Å²) in [5.41, 5.74) is 1.98. The van der Waals surface area contributed by atoms with Crippen LogP contribution in [0.5, 0.6) is 0 Å². The van der Waals surface area contributed by atoms with Gasteiger partial charge >= 0.3 is 0 Å². The molecule has 128 valence electrons. The Kier molecular flexibility index (Phi) is 6.29. The number of hydrogen-bond acceptors (Lipinski definition) is 3. The lowest BCUT2D eigenvalue weighted by atomic mass is 10.1. The topological polar surface area (TPSA) is 50.3 Å². The number of nitrogens with zero attached hydrogens (tertiary/aromatic N) is 2. The summed E-state index contributed by atoms with van der Waals surface area (Å²) in [5.74, 6) is 0.107. The van der Waals surface area contributed by atoms with Crippen LogP contribution in [-0.2, 0) is 10.0 Å². The molecule has 0 amide bonds. The molecule has 0 saturated carbocycles. The maximum absolute atomic E-state index is 12.5. The third kappa shape index (κ3) is 4.30. The lowest BCUT2D eigenvalue weighted by molar-refractivity contribution is 0.445. The molecule has 1 atom stereocenters. The second-order valence-electron chi connectivity index (χ2n) is 5.57. The summed E-state index contributed by atoms with van der Waals surface area (Å²) in [6, 6.07) is 13.5. The fraction of sp³-hybridized carbons (Fsp3) is 0.316. The van der Waals surface area contributed by atoms with E-state index in [0.29, 0.717) is 13.1 Å². The first-order chi connectivity index (χ1) is 11.5. The number of aromatic nitrogens is 1. The van der Waals surface area contributed by atoms with Gasteiger partial charge in [0, 0.05) is 30.9 Å². The van der Waals surface area contributed by atoms with Gasteiger partial charge in [-0.15, -0.1) is 0 Å². The molecule has 0 fully saturated rings. The summed E-state index contributed by atoms with van der Waals surface area (Å²) in [7, 11) is -3.45. The van der Waals surface area contributed by atoms with E-state index in [1.54, 1.807) is 12.1 Å². The van der Waals surface area contributed by atoms with Crippen molar-refractivity contribution in [1.29, 1.82) is 0 Å². The molecule has 0 N–H and O–H groups in total. The Bertz CT molecular complexity index is 765. The second kappa shape index (κ2) is 8.22. The maximum atomic E-state index is 12.5. The number of sulfonamides is 1. The zero-order chi connectivity index (χ0) is 17.6. The maximum Gasteiger partial charge on any atom is 0.244 e. The van der Waals surface area contributed by atoms with Crippen LogP contribution in [0.1, 0.15) is 37.9 Å². The molecule has 0 aliphatic rings. The molecular formula is C19H24N2O2S. The summed E-state index contributed by atoms with van der Waals surface area (Å²) in [5, 5.41) is 0. The van der Waals surface area contributed by atoms with E-state index in [1.807, 2.05) is 57.2 Å². The van der Waals surface area contributed by atoms with E-state index in [-0.39, 0.29) is 10.8 Å². The van der Waals surface area contributed by atoms with E-state index in [1.165, 1.54) is 10.5 Å². The van der Waals surface area contributed by atoms with Crippen LogP contribution in [0.4, 0.5) is 0 Å². The van der Waals surface area contributed by atoms with Gasteiger partial charge in [0.15, 0.2) is 0 Å². The van der Waals surface area contributed by atoms with Crippen molar-refractivity contribution in [1.82, 2.24) is 9.29 Å². The van der Waals surface area contributed by atoms with Crippen molar-refractivity contribution in [2.75, 3.05) is 13.1 Å². The van der Waals surface area contributed by atoms with Gasteiger partial charge in [0.25, 0.3) is 0 Å². The summed E-state index contributed by atoms with van der Waals surface area (Å²) in [6.45, 7) is 6.62. The Morgan fingerprint density at radius 3 is 2.29 bits per heavy atom. The van der Waals surface area contributed by atoms with E-state index in [0.717, 1.165) is 11.3 Å². The predicted octanol–water partition coefficient (Wildman–Crippen LogP) is 3.93. The van der Waals surface area contributed by atoms with Crippen molar-refractivity contribution in [3.63, 3.8) is 0 Å². The van der Waals surface area contributed by atoms with Crippen LogP contribution in [0.2, 0.25) is 0 Å². The van der Waals surface area contributed by atoms with Crippen LogP contribution in [0, 0.1) is 0 Å². The minimum Gasteiger partial charge on any atom is -0.259 e. The van der Waals surface area contributed by atoms with E-state index in [9.17, 15) is 8.42 Å². The molecule has 1 aromatic carbocycles. The largest absolute Gasteiger partial charge is 0.259 e. The first kappa shape index (κ1) is 18.4. The highest BCUT2D eigenvalue weighted by molar-refractivity contribution is 7.89. The lowest BCUT2D eigenvalue weighted by Crippen LogP contribution is -2.30. The van der Waals surface area contributed by atoms with Gasteiger partial charge in [-0.2, -0.15) is 4.31 Å². The summed E-state index contributed by atoms with van der Waals surface area (Å²) in [6.07, 6.45) is 5.57. The average Bonchev–Trinajstić information content (AvgIpc) is 2.61. The SMILES string of the molecule is CCN(CC)S(=O)(=O)c1ccc(C(C)C=Cc2ccccc2)nc1. The number of rotatable bonds is 7. The van der Waals surface area contributed by atoms with Crippen LogP contribution in [0.15, 0.2) is 59.6 Å². The van der Waals surface area contributed by atoms with E-state index in [4.69, 9.17) is 0 Å². The van der Waals surface area contributed by atoms with Crippen LogP contribution in [0.3, 0.4) is 0 Å². The van der Waals surface area contributed by atoms with Gasteiger partial charge in [-0.3, -0.25) is 4.98 Å². The first-order valence-electron chi connectivity index (χ1n) is 8.18. The highest BCUT2D eigenvalue weighted by Gasteiger charge is 2.21. The van der Waals surface area contributed by atoms with Crippen LogP contribution < -0.4 is 0 Å². The molecule has 2 rings (SSSR count). The van der Waals surface area contributed by atoms with Gasteiger partial charge in [-0.1, -0.05) is 63.3 Å². The van der Waals surface area contributed by atoms with Gasteiger partial charge in [0.1, 0.15) is 4.90 Å². The normalized spacial score (nSPS) is 13.5. The molecule has 0 aliphatic heterocycles. The average molecular weight is 344 g/mol. The summed E-state index contributed by atoms with van der Waals surface area (Å²) < 4.78 is 26.3. The Balaban J connectivity index is 2.16. The number of benzene rings is 1. The number of hydrogen-bond donors (Lipinski definition) is 0. The Morgan fingerprint density at radius 2 is 1.75 bits per heavy atom. The molecule has 0 saturated heterocycles. The van der Waals surface area contributed by atoms with Crippen molar-refractivity contribution < 1.29 is 8.42 Å². The summed E-state index contributed by atoms with van der Waals surface area (Å²) in [4.78, 5) is 4.60. The molecule has 0 radical (unpaired) electrons. The quantitative estimate of drug-likeness (QED) is 0.765. The first-order valence-corrected chi connectivity index (χ1v) is 9.62. The van der Waals surface area contributed by atoms with Gasteiger partial charge in [-0.05, 0) is 17.7 Å². The highest BCUT2D eigenvalue weighted by atomic mass is 32.2. The number of allylic oxidation sites excluding steroid dienone is 1. The molecule has 1 unspecified atom stereocenters. The molecular weight excluding hydrogens is 320 g/mol. The molecule has 1 heterocycles. The minimum absolute atomic E-state index is 0.107. The molecule has 24 heavy (non-hydrogen) atoms. The van der Waals surface area contributed by atoms with Crippen molar-refractivity contribution in [3.8, 4) is 0 Å². The monoisotopic (exact) mass is 344 g/mol. The van der Waals surface area contributed by atoms with Crippen molar-refractivity contribution in [3.05, 3.63) is 66.0 Å². The molecule has 2 aromatic rings. The second-order valence-corrected chi connectivity index (χ2v) is 7.50. The highest BCUT2D eigenvalue weighted by Crippen LogP contribution is 2.19. The van der Waals surface area contributed by atoms with E-state index < -0.39 is 10.0 Å². The Hall–Kier alpha value is -1.98. The minimum atomic E-state index is -3.45. The van der Waals surface area contributed by atoms with Crippen molar-refractivity contribution >= 4 is 16.1 Å². The van der Waals surface area contributed by atoms with Crippen LogP contribution in [-0.4, -0.2) is 30.8 Å². The zero-order valence-corrected chi connectivity index (χ0v) is 15.2. The number of pyridine rings is 1. The molecule has 5 heteroatoms. The standard InChI is InChI=1S/C19H24N2O2S/c1-4-21(5-2)24(22,23)18-13-14-19(20-15-18)16(3)11-12-17-9-7-6-8-10-17/h6-16H,4-5H2,1-3H3. The molecule has 0 bridgehead atoms. The third-order valence-electron chi connectivity index (χ3n) is 3.95. The van der Waals surface area contributed by atoms with Crippen LogP contribution >= 0.6 is 0 Å². The molecule has 0 aliphatic carbocycles. The van der Waals surface area contributed by atoms with E-state index in [2.05, 4.69) is 11.1 Å². The van der Waals surface area contributed by atoms with Gasteiger partial charge in [0.2, 0.25) is 10.0 Å². The summed E-state index contributed by atoms with van der Waals surface area (Å²) >= 11 is 0. The van der Waals surface area contributed by atoms with Gasteiger partial charge in [-0.25, -0.2) is 8.42 Å². The fourth-order valence-electron chi connectivity index (χ4n) is 2.44. The molecule has 4 nitrogen and oxygen atoms in total. The van der Waals surface area contributed by atoms with Gasteiger partial charge < -0.3 is 0 Å². The van der Waals surface area contributed by atoms with Crippen molar-refractivity contribution in [2.24, 2.45) is 0 Å².